The first-order valence-corrected chi connectivity index (χ1v) is 12.0. The van der Waals surface area contributed by atoms with E-state index in [1.54, 1.807) is 48.8 Å². The number of nitrogens with one attached hydrogen (secondary N) is 2. The minimum atomic E-state index is -0.378. The van der Waals surface area contributed by atoms with Crippen molar-refractivity contribution >= 4 is 16.7 Å². The van der Waals surface area contributed by atoms with Crippen molar-refractivity contribution in [3.05, 3.63) is 94.3 Å². The lowest BCUT2D eigenvalue weighted by molar-refractivity contribution is 0.0945. The molecule has 0 saturated heterocycles. The third-order valence-electron chi connectivity index (χ3n) is 6.20. The number of carbonyl (C=O) groups is 1. The van der Waals surface area contributed by atoms with E-state index in [0.717, 1.165) is 5.56 Å². The van der Waals surface area contributed by atoms with Crippen LogP contribution in [0, 0.1) is 0 Å². The molecule has 0 saturated carbocycles. The predicted octanol–water partition coefficient (Wildman–Crippen LogP) is 3.19. The van der Waals surface area contributed by atoms with Crippen LogP contribution in [0.25, 0.3) is 22.0 Å². The van der Waals surface area contributed by atoms with Crippen molar-refractivity contribution in [3.8, 4) is 28.5 Å². The normalized spacial score (nSPS) is 10.8. The Morgan fingerprint density at radius 2 is 1.72 bits per heavy atom. The van der Waals surface area contributed by atoms with E-state index in [1.165, 1.54) is 26.0 Å². The molecular weight excluding hydrogens is 500 g/mol. The number of methoxy groups -OCH3 is 3. The van der Waals surface area contributed by atoms with E-state index in [0.29, 0.717) is 45.0 Å². The molecule has 5 rings (SSSR count). The molecule has 2 aromatic carbocycles. The summed E-state index contributed by atoms with van der Waals surface area (Å²) >= 11 is 0. The van der Waals surface area contributed by atoms with Crippen LogP contribution in [0.3, 0.4) is 0 Å². The maximum Gasteiger partial charge on any atom is 0.274 e. The van der Waals surface area contributed by atoms with Crippen molar-refractivity contribution in [2.24, 2.45) is 0 Å². The van der Waals surface area contributed by atoms with E-state index in [2.05, 4.69) is 25.6 Å². The fourth-order valence-electron chi connectivity index (χ4n) is 4.28. The summed E-state index contributed by atoms with van der Waals surface area (Å²) < 4.78 is 17.6. The van der Waals surface area contributed by atoms with Gasteiger partial charge in [-0.1, -0.05) is 24.3 Å². The SMILES string of the molecule is COc1cc(-c2cc(C(=O)NCc3nn(Cc4cccnc4)c(=O)c4ccccc34)[nH]n2)cc(OC)c1OC. The zero-order valence-electron chi connectivity index (χ0n) is 21.6. The molecule has 0 radical (unpaired) electrons. The Balaban J connectivity index is 1.39. The standard InChI is InChI=1S/C28H26N6O5/c1-37-24-11-18(12-25(38-2)26(24)39-3)21-13-22(32-31-21)27(35)30-15-23-19-8-4-5-9-20(19)28(36)34(33-23)16-17-7-6-10-29-14-17/h4-14H,15-16H2,1-3H3,(H,30,35)(H,31,32). The second-order valence-corrected chi connectivity index (χ2v) is 8.58. The second-order valence-electron chi connectivity index (χ2n) is 8.58. The first kappa shape index (κ1) is 25.5. The number of rotatable bonds is 9. The van der Waals surface area contributed by atoms with Crippen molar-refractivity contribution in [3.63, 3.8) is 0 Å². The highest BCUT2D eigenvalue weighted by Crippen LogP contribution is 2.40. The fourth-order valence-corrected chi connectivity index (χ4v) is 4.28. The van der Waals surface area contributed by atoms with E-state index in [-0.39, 0.29) is 30.2 Å². The van der Waals surface area contributed by atoms with Crippen LogP contribution >= 0.6 is 0 Å². The molecule has 0 aliphatic rings. The molecule has 5 aromatic rings. The molecule has 2 N–H and O–H groups in total. The smallest absolute Gasteiger partial charge is 0.274 e. The van der Waals surface area contributed by atoms with Gasteiger partial charge in [0.1, 0.15) is 5.69 Å². The lowest BCUT2D eigenvalue weighted by atomic mass is 10.1. The van der Waals surface area contributed by atoms with Crippen LogP contribution in [0.1, 0.15) is 21.7 Å². The summed E-state index contributed by atoms with van der Waals surface area (Å²) in [6.07, 6.45) is 3.36. The van der Waals surface area contributed by atoms with Crippen molar-refractivity contribution in [2.45, 2.75) is 13.1 Å². The maximum absolute atomic E-state index is 13.1. The summed E-state index contributed by atoms with van der Waals surface area (Å²) in [6, 6.07) is 16.0. The number of ether oxygens (including phenoxy) is 3. The fraction of sp³-hybridized carbons (Fsp3) is 0.179. The lowest BCUT2D eigenvalue weighted by Crippen LogP contribution is -2.29. The van der Waals surface area contributed by atoms with Gasteiger partial charge in [-0.25, -0.2) is 4.68 Å². The predicted molar refractivity (Wildman–Crippen MR) is 144 cm³/mol. The molecule has 0 bridgehead atoms. The van der Waals surface area contributed by atoms with Crippen LogP contribution in [0.2, 0.25) is 0 Å². The van der Waals surface area contributed by atoms with Crippen LogP contribution < -0.4 is 25.1 Å². The summed E-state index contributed by atoms with van der Waals surface area (Å²) in [6.45, 7) is 0.363. The summed E-state index contributed by atoms with van der Waals surface area (Å²) in [4.78, 5) is 30.2. The number of hydrogen-bond donors (Lipinski definition) is 2. The van der Waals surface area contributed by atoms with Crippen LogP contribution in [-0.4, -0.2) is 52.2 Å². The topological polar surface area (TPSA) is 133 Å². The Morgan fingerprint density at radius 3 is 2.38 bits per heavy atom. The molecule has 0 unspecified atom stereocenters. The monoisotopic (exact) mass is 526 g/mol. The van der Waals surface area contributed by atoms with Crippen molar-refractivity contribution < 1.29 is 19.0 Å². The van der Waals surface area contributed by atoms with Gasteiger partial charge in [-0.15, -0.1) is 0 Å². The summed E-state index contributed by atoms with van der Waals surface area (Å²) in [5.41, 5.74) is 2.64. The molecule has 0 atom stereocenters. The van der Waals surface area contributed by atoms with Gasteiger partial charge < -0.3 is 19.5 Å². The van der Waals surface area contributed by atoms with Gasteiger partial charge in [-0.05, 0) is 35.9 Å². The third-order valence-corrected chi connectivity index (χ3v) is 6.20. The van der Waals surface area contributed by atoms with E-state index in [9.17, 15) is 9.59 Å². The quantitative estimate of drug-likeness (QED) is 0.299. The third kappa shape index (κ3) is 5.14. The van der Waals surface area contributed by atoms with E-state index in [4.69, 9.17) is 14.2 Å². The minimum absolute atomic E-state index is 0.102. The molecule has 0 aliphatic heterocycles. The summed E-state index contributed by atoms with van der Waals surface area (Å²) in [7, 11) is 4.59. The van der Waals surface area contributed by atoms with Gasteiger partial charge in [0.15, 0.2) is 11.5 Å². The number of carbonyl (C=O) groups excluding carboxylic acids is 1. The number of hydrogen-bond acceptors (Lipinski definition) is 8. The number of H-pyrrole nitrogens is 1. The van der Waals surface area contributed by atoms with Gasteiger partial charge in [0.2, 0.25) is 5.75 Å². The van der Waals surface area contributed by atoms with Crippen molar-refractivity contribution in [1.82, 2.24) is 30.3 Å². The van der Waals surface area contributed by atoms with Gasteiger partial charge in [0.25, 0.3) is 11.5 Å². The number of pyridine rings is 1. The largest absolute Gasteiger partial charge is 0.493 e. The minimum Gasteiger partial charge on any atom is -0.493 e. The van der Waals surface area contributed by atoms with E-state index >= 15 is 0 Å². The number of aromatic nitrogens is 5. The van der Waals surface area contributed by atoms with Gasteiger partial charge >= 0.3 is 0 Å². The Hall–Kier alpha value is -5.19. The molecule has 198 valence electrons. The Morgan fingerprint density at radius 1 is 0.974 bits per heavy atom. The number of nitrogens with zero attached hydrogens (tertiary/aromatic N) is 4. The Bertz CT molecular complexity index is 1670. The summed E-state index contributed by atoms with van der Waals surface area (Å²) in [5.74, 6) is 1.03. The van der Waals surface area contributed by atoms with E-state index < -0.39 is 0 Å². The van der Waals surface area contributed by atoms with Gasteiger partial charge in [-0.2, -0.15) is 10.2 Å². The average molecular weight is 527 g/mol. The van der Waals surface area contributed by atoms with Crippen molar-refractivity contribution in [1.29, 1.82) is 0 Å². The first-order chi connectivity index (χ1) is 19.0. The molecule has 3 aromatic heterocycles. The Kier molecular flexibility index (Phi) is 7.21. The zero-order chi connectivity index (χ0) is 27.4. The average Bonchev–Trinajstić information content (AvgIpc) is 3.48. The van der Waals surface area contributed by atoms with Crippen molar-refractivity contribution in [2.75, 3.05) is 21.3 Å². The molecule has 3 heterocycles. The number of amides is 1. The maximum atomic E-state index is 13.1. The Labute approximate surface area is 223 Å². The molecule has 39 heavy (non-hydrogen) atoms. The second kappa shape index (κ2) is 11.1. The van der Waals surface area contributed by atoms with Crippen LogP contribution in [0.5, 0.6) is 17.2 Å². The molecule has 1 amide bonds. The molecule has 11 heteroatoms. The molecule has 0 fully saturated rings. The van der Waals surface area contributed by atoms with Gasteiger partial charge in [0.05, 0.1) is 51.2 Å². The highest BCUT2D eigenvalue weighted by Gasteiger charge is 2.18. The number of fused-ring (bicyclic) bond motifs is 1. The molecule has 11 nitrogen and oxygen atoms in total. The highest BCUT2D eigenvalue weighted by atomic mass is 16.5. The highest BCUT2D eigenvalue weighted by molar-refractivity contribution is 5.93. The molecule has 0 aliphatic carbocycles. The number of benzene rings is 2. The van der Waals surface area contributed by atoms with Crippen LogP contribution in [0.15, 0.2) is 71.8 Å². The molecule has 0 spiro atoms. The summed E-state index contributed by atoms with van der Waals surface area (Å²) in [5, 5.41) is 15.7. The number of aromatic amines is 1. The van der Waals surface area contributed by atoms with Gasteiger partial charge in [0, 0.05) is 23.3 Å². The molecular formula is C28H26N6O5. The van der Waals surface area contributed by atoms with Crippen LogP contribution in [-0.2, 0) is 13.1 Å². The first-order valence-electron chi connectivity index (χ1n) is 12.0. The van der Waals surface area contributed by atoms with E-state index in [1.807, 2.05) is 18.2 Å². The van der Waals surface area contributed by atoms with Crippen LogP contribution in [0.4, 0.5) is 0 Å². The lowest BCUT2D eigenvalue weighted by Gasteiger charge is -2.13. The van der Waals surface area contributed by atoms with Gasteiger partial charge in [-0.3, -0.25) is 19.7 Å². The zero-order valence-corrected chi connectivity index (χ0v) is 21.6.